The van der Waals surface area contributed by atoms with Gasteiger partial charge in [-0.3, -0.25) is 9.69 Å². The number of nitrogen functional groups attached to an aromatic ring is 1. The number of hydrogen-bond acceptors (Lipinski definition) is 4. The van der Waals surface area contributed by atoms with Crippen LogP contribution in [-0.4, -0.2) is 31.0 Å². The van der Waals surface area contributed by atoms with E-state index in [-0.39, 0.29) is 30.7 Å². The molecule has 3 N–H and O–H groups in total. The second-order valence-corrected chi connectivity index (χ2v) is 6.45. The van der Waals surface area contributed by atoms with Crippen molar-refractivity contribution in [3.63, 3.8) is 0 Å². The molecule has 0 heterocycles. The molecular weight excluding hydrogens is 421 g/mol. The van der Waals surface area contributed by atoms with Gasteiger partial charge in [0.25, 0.3) is 5.91 Å². The van der Waals surface area contributed by atoms with E-state index < -0.39 is 0 Å². The first-order valence-electron chi connectivity index (χ1n) is 8.69. The Hall–Kier alpha value is -1.66. The smallest absolute Gasteiger partial charge is 0.255 e. The highest BCUT2D eigenvalue weighted by atomic mass is 35.5. The number of carbonyl (C=O) groups excluding carboxylic acids is 1. The Morgan fingerprint density at radius 3 is 2.39 bits per heavy atom. The number of methoxy groups -OCH3 is 1. The van der Waals surface area contributed by atoms with Crippen molar-refractivity contribution in [3.8, 4) is 5.75 Å². The van der Waals surface area contributed by atoms with Crippen molar-refractivity contribution in [2.24, 2.45) is 0 Å². The fraction of sp³-hybridized carbons (Fsp3) is 0.350. The summed E-state index contributed by atoms with van der Waals surface area (Å²) in [6, 6.07) is 11.3. The molecule has 2 rings (SSSR count). The highest BCUT2D eigenvalue weighted by Gasteiger charge is 2.15. The van der Waals surface area contributed by atoms with Gasteiger partial charge in [0, 0.05) is 19.2 Å². The summed E-state index contributed by atoms with van der Waals surface area (Å²) in [5.41, 5.74) is 8.78. The Labute approximate surface area is 184 Å². The number of carbonyl (C=O) groups is 1. The summed E-state index contributed by atoms with van der Waals surface area (Å²) in [7, 11) is 1.50. The lowest BCUT2D eigenvalue weighted by Gasteiger charge is -2.18. The number of nitrogens with one attached hydrogen (secondary N) is 1. The largest absolute Gasteiger partial charge is 0.496 e. The molecule has 5 nitrogen and oxygen atoms in total. The number of benzene rings is 2. The number of anilines is 1. The molecule has 2 aromatic carbocycles. The first kappa shape index (κ1) is 26.3. The minimum absolute atomic E-state index is 0. The molecule has 0 bridgehead atoms. The summed E-state index contributed by atoms with van der Waals surface area (Å²) in [5.74, 6) is 0.151. The van der Waals surface area contributed by atoms with Gasteiger partial charge in [-0.05, 0) is 30.3 Å². The standard InChI is InChI=1S/C20H26ClN3O2.2ClH/c1-4-24(5-2)13-15-8-6-7-14(9-15)12-23-20(25)16-10-17(21)18(22)11-19(16)26-3;;/h6-11H,4-5,12-13,22H2,1-3H3,(H,23,25);2*1H. The van der Waals surface area contributed by atoms with Gasteiger partial charge in [-0.15, -0.1) is 24.8 Å². The van der Waals surface area contributed by atoms with Crippen molar-refractivity contribution in [2.75, 3.05) is 25.9 Å². The molecule has 0 aliphatic rings. The second-order valence-electron chi connectivity index (χ2n) is 6.04. The van der Waals surface area contributed by atoms with Gasteiger partial charge in [-0.1, -0.05) is 49.7 Å². The fourth-order valence-corrected chi connectivity index (χ4v) is 2.90. The van der Waals surface area contributed by atoms with E-state index in [0.717, 1.165) is 25.2 Å². The van der Waals surface area contributed by atoms with Crippen LogP contribution < -0.4 is 15.8 Å². The van der Waals surface area contributed by atoms with E-state index >= 15 is 0 Å². The molecule has 0 saturated carbocycles. The third kappa shape index (κ3) is 7.06. The van der Waals surface area contributed by atoms with E-state index in [4.69, 9.17) is 22.1 Å². The van der Waals surface area contributed by atoms with Gasteiger partial charge >= 0.3 is 0 Å². The molecule has 0 fully saturated rings. The molecule has 0 aromatic heterocycles. The summed E-state index contributed by atoms with van der Waals surface area (Å²) >= 11 is 6.04. The maximum Gasteiger partial charge on any atom is 0.255 e. The number of halogens is 3. The predicted molar refractivity (Wildman–Crippen MR) is 121 cm³/mol. The van der Waals surface area contributed by atoms with Crippen LogP contribution in [0.1, 0.15) is 35.3 Å². The van der Waals surface area contributed by atoms with Crippen LogP contribution in [0.15, 0.2) is 36.4 Å². The van der Waals surface area contributed by atoms with Crippen LogP contribution in [0.3, 0.4) is 0 Å². The van der Waals surface area contributed by atoms with Crippen molar-refractivity contribution in [2.45, 2.75) is 26.9 Å². The highest BCUT2D eigenvalue weighted by Crippen LogP contribution is 2.28. The average molecular weight is 449 g/mol. The second kappa shape index (κ2) is 12.7. The number of nitrogens with zero attached hydrogens (tertiary/aromatic N) is 1. The maximum atomic E-state index is 12.5. The number of rotatable bonds is 8. The monoisotopic (exact) mass is 447 g/mol. The minimum atomic E-state index is -0.252. The Morgan fingerprint density at radius 2 is 1.79 bits per heavy atom. The Balaban J connectivity index is 0.00000364. The summed E-state index contributed by atoms with van der Waals surface area (Å²) in [6.45, 7) is 7.65. The van der Waals surface area contributed by atoms with Crippen LogP contribution in [0.5, 0.6) is 5.75 Å². The quantitative estimate of drug-likeness (QED) is 0.582. The molecular formula is C20H28Cl3N3O2. The predicted octanol–water partition coefficient (Wildman–Crippen LogP) is 4.55. The van der Waals surface area contributed by atoms with Crippen molar-refractivity contribution >= 4 is 48.0 Å². The van der Waals surface area contributed by atoms with E-state index in [9.17, 15) is 4.79 Å². The Bertz CT molecular complexity index is 768. The zero-order chi connectivity index (χ0) is 19.1. The summed E-state index contributed by atoms with van der Waals surface area (Å²) < 4.78 is 5.24. The molecule has 0 atom stereocenters. The molecule has 0 saturated heterocycles. The third-order valence-electron chi connectivity index (χ3n) is 4.31. The van der Waals surface area contributed by atoms with Crippen molar-refractivity contribution in [3.05, 3.63) is 58.1 Å². The molecule has 0 unspecified atom stereocenters. The van der Waals surface area contributed by atoms with Gasteiger partial charge < -0.3 is 15.8 Å². The molecule has 0 aliphatic carbocycles. The Morgan fingerprint density at radius 1 is 1.14 bits per heavy atom. The van der Waals surface area contributed by atoms with E-state index in [0.29, 0.717) is 28.6 Å². The summed E-state index contributed by atoms with van der Waals surface area (Å²) in [4.78, 5) is 14.9. The lowest BCUT2D eigenvalue weighted by atomic mass is 10.1. The zero-order valence-corrected chi connectivity index (χ0v) is 18.7. The van der Waals surface area contributed by atoms with Gasteiger partial charge in [0.1, 0.15) is 5.75 Å². The van der Waals surface area contributed by atoms with Crippen molar-refractivity contribution < 1.29 is 9.53 Å². The topological polar surface area (TPSA) is 67.6 Å². The molecule has 0 aliphatic heterocycles. The molecule has 156 valence electrons. The first-order valence-corrected chi connectivity index (χ1v) is 9.07. The average Bonchev–Trinajstić information content (AvgIpc) is 2.66. The number of hydrogen-bond donors (Lipinski definition) is 2. The van der Waals surface area contributed by atoms with Gasteiger partial charge in [0.15, 0.2) is 0 Å². The fourth-order valence-electron chi connectivity index (χ4n) is 2.74. The van der Waals surface area contributed by atoms with Crippen molar-refractivity contribution in [1.29, 1.82) is 0 Å². The third-order valence-corrected chi connectivity index (χ3v) is 4.64. The van der Waals surface area contributed by atoms with Crippen LogP contribution >= 0.6 is 36.4 Å². The van der Waals surface area contributed by atoms with Crippen LogP contribution in [-0.2, 0) is 13.1 Å². The summed E-state index contributed by atoms with van der Waals surface area (Å²) in [5, 5.41) is 3.24. The number of amides is 1. The molecule has 0 spiro atoms. The minimum Gasteiger partial charge on any atom is -0.496 e. The van der Waals surface area contributed by atoms with E-state index in [1.54, 1.807) is 6.07 Å². The molecule has 1 amide bonds. The molecule has 2 aromatic rings. The van der Waals surface area contributed by atoms with E-state index in [1.165, 1.54) is 18.7 Å². The molecule has 28 heavy (non-hydrogen) atoms. The van der Waals surface area contributed by atoms with Gasteiger partial charge in [0.05, 0.1) is 23.4 Å². The van der Waals surface area contributed by atoms with E-state index in [2.05, 4.69) is 36.2 Å². The number of nitrogens with two attached hydrogens (primary N) is 1. The summed E-state index contributed by atoms with van der Waals surface area (Å²) in [6.07, 6.45) is 0. The zero-order valence-electron chi connectivity index (χ0n) is 16.3. The van der Waals surface area contributed by atoms with Crippen LogP contribution in [0.25, 0.3) is 0 Å². The highest BCUT2D eigenvalue weighted by molar-refractivity contribution is 6.33. The van der Waals surface area contributed by atoms with Crippen LogP contribution in [0.4, 0.5) is 5.69 Å². The van der Waals surface area contributed by atoms with Crippen LogP contribution in [0, 0.1) is 0 Å². The maximum absolute atomic E-state index is 12.5. The number of ether oxygens (including phenoxy) is 1. The molecule has 8 heteroatoms. The first-order chi connectivity index (χ1) is 12.5. The van der Waals surface area contributed by atoms with Gasteiger partial charge in [0.2, 0.25) is 0 Å². The normalized spacial score (nSPS) is 10.0. The van der Waals surface area contributed by atoms with Crippen LogP contribution in [0.2, 0.25) is 5.02 Å². The molecule has 0 radical (unpaired) electrons. The van der Waals surface area contributed by atoms with Crippen molar-refractivity contribution in [1.82, 2.24) is 10.2 Å². The lowest BCUT2D eigenvalue weighted by Crippen LogP contribution is -2.24. The lowest BCUT2D eigenvalue weighted by molar-refractivity contribution is 0.0948. The van der Waals surface area contributed by atoms with E-state index in [1.807, 2.05) is 12.1 Å². The van der Waals surface area contributed by atoms with Gasteiger partial charge in [-0.2, -0.15) is 0 Å². The Kier molecular flexibility index (Phi) is 12.0. The van der Waals surface area contributed by atoms with Gasteiger partial charge in [-0.25, -0.2) is 0 Å². The SMILES string of the molecule is CCN(CC)Cc1cccc(CNC(=O)c2cc(Cl)c(N)cc2OC)c1.Cl.Cl.